The topological polar surface area (TPSA) is 70.5 Å². The predicted octanol–water partition coefficient (Wildman–Crippen LogP) is 2.02. The van der Waals surface area contributed by atoms with Gasteiger partial charge in [0.2, 0.25) is 5.91 Å². The van der Waals surface area contributed by atoms with Gasteiger partial charge in [-0.15, -0.1) is 12.4 Å². The largest absolute Gasteiger partial charge is 0.339 e. The molecule has 0 spiro atoms. The molecule has 8 heteroatoms. The van der Waals surface area contributed by atoms with Gasteiger partial charge in [0.1, 0.15) is 5.54 Å². The third kappa shape index (κ3) is 4.77. The van der Waals surface area contributed by atoms with Crippen LogP contribution in [-0.4, -0.2) is 70.7 Å². The number of carbonyl (C=O) groups is 2. The summed E-state index contributed by atoms with van der Waals surface area (Å²) >= 11 is 0. The average Bonchev–Trinajstić information content (AvgIpc) is 3.46. The van der Waals surface area contributed by atoms with E-state index in [9.17, 15) is 9.59 Å². The van der Waals surface area contributed by atoms with Crippen LogP contribution in [0.5, 0.6) is 0 Å². The first-order valence-electron chi connectivity index (χ1n) is 11.0. The lowest BCUT2D eigenvalue weighted by atomic mass is 9.86. The molecular weight excluding hydrogens is 390 g/mol. The van der Waals surface area contributed by atoms with Crippen molar-refractivity contribution >= 4 is 24.2 Å². The maximum Gasteiger partial charge on any atom is 0.250 e. The van der Waals surface area contributed by atoms with Crippen LogP contribution < -0.4 is 5.32 Å². The number of piperazine rings is 1. The summed E-state index contributed by atoms with van der Waals surface area (Å²) in [4.78, 5) is 30.0. The van der Waals surface area contributed by atoms with Gasteiger partial charge in [0.25, 0.3) is 5.91 Å². The summed E-state index contributed by atoms with van der Waals surface area (Å²) < 4.78 is 1.86. The molecule has 2 amide bonds. The first-order valence-corrected chi connectivity index (χ1v) is 11.0. The second kappa shape index (κ2) is 9.94. The molecule has 1 aromatic rings. The van der Waals surface area contributed by atoms with Crippen molar-refractivity contribution in [3.8, 4) is 0 Å². The molecule has 29 heavy (non-hydrogen) atoms. The molecule has 0 atom stereocenters. The molecule has 3 aliphatic rings. The predicted molar refractivity (Wildman–Crippen MR) is 114 cm³/mol. The number of halogens is 1. The monoisotopic (exact) mass is 423 g/mol. The van der Waals surface area contributed by atoms with Crippen molar-refractivity contribution in [1.82, 2.24) is 24.9 Å². The van der Waals surface area contributed by atoms with Crippen molar-refractivity contribution in [3.63, 3.8) is 0 Å². The highest BCUT2D eigenvalue weighted by Gasteiger charge is 2.45. The first kappa shape index (κ1) is 22.1. The molecule has 1 N–H and O–H groups in total. The lowest BCUT2D eigenvalue weighted by Gasteiger charge is -2.43. The molecule has 1 aliphatic carbocycles. The number of carbonyl (C=O) groups excluding carboxylic acids is 2. The Labute approximate surface area is 179 Å². The van der Waals surface area contributed by atoms with Crippen LogP contribution in [-0.2, 0) is 15.1 Å². The summed E-state index contributed by atoms with van der Waals surface area (Å²) in [5, 5.41) is 7.76. The van der Waals surface area contributed by atoms with Crippen molar-refractivity contribution in [2.45, 2.75) is 56.9 Å². The molecule has 1 aromatic heterocycles. The van der Waals surface area contributed by atoms with E-state index < -0.39 is 5.54 Å². The number of piperidine rings is 1. The van der Waals surface area contributed by atoms with E-state index in [-0.39, 0.29) is 24.2 Å². The molecule has 2 aliphatic heterocycles. The van der Waals surface area contributed by atoms with Crippen LogP contribution in [0, 0.1) is 5.92 Å². The summed E-state index contributed by atoms with van der Waals surface area (Å²) in [6.45, 7) is 4.22. The van der Waals surface area contributed by atoms with Gasteiger partial charge < -0.3 is 15.1 Å². The van der Waals surface area contributed by atoms with Gasteiger partial charge in [0.15, 0.2) is 0 Å². The van der Waals surface area contributed by atoms with Gasteiger partial charge in [-0.1, -0.05) is 25.7 Å². The Morgan fingerprint density at radius 3 is 2.31 bits per heavy atom. The number of nitrogens with zero attached hydrogens (tertiary/aromatic N) is 4. The number of rotatable bonds is 5. The van der Waals surface area contributed by atoms with Crippen molar-refractivity contribution in [3.05, 3.63) is 18.5 Å². The van der Waals surface area contributed by atoms with Gasteiger partial charge >= 0.3 is 0 Å². The zero-order chi connectivity index (χ0) is 19.4. The highest BCUT2D eigenvalue weighted by Crippen LogP contribution is 2.31. The highest BCUT2D eigenvalue weighted by molar-refractivity contribution is 5.85. The van der Waals surface area contributed by atoms with Gasteiger partial charge in [-0.05, 0) is 44.3 Å². The van der Waals surface area contributed by atoms with Crippen LogP contribution in [0.15, 0.2) is 18.5 Å². The van der Waals surface area contributed by atoms with Crippen LogP contribution in [0.25, 0.3) is 0 Å². The fourth-order valence-electron chi connectivity index (χ4n) is 5.14. The Kier molecular flexibility index (Phi) is 7.57. The number of nitrogens with one attached hydrogen (secondary N) is 1. The minimum Gasteiger partial charge on any atom is -0.339 e. The summed E-state index contributed by atoms with van der Waals surface area (Å²) in [7, 11) is 0. The van der Waals surface area contributed by atoms with E-state index in [0.29, 0.717) is 32.6 Å². The molecular formula is C21H34ClN5O2. The molecule has 1 saturated carbocycles. The van der Waals surface area contributed by atoms with Crippen LogP contribution in [0.4, 0.5) is 0 Å². The minimum absolute atomic E-state index is 0. The maximum atomic E-state index is 13.5. The highest BCUT2D eigenvalue weighted by atomic mass is 35.5. The Morgan fingerprint density at radius 1 is 1.03 bits per heavy atom. The quantitative estimate of drug-likeness (QED) is 0.786. The standard InChI is InChI=1S/C21H33N5O2.ClH/c27-19(7-6-18-4-1-2-5-18)24-14-16-25(17-15-24)20(28)21(8-11-22-12-9-21)26-13-3-10-23-26;/h3,10,13,18,22H,1-2,4-9,11-12,14-17H2;1H. The lowest BCUT2D eigenvalue weighted by molar-refractivity contribution is -0.148. The average molecular weight is 424 g/mol. The van der Waals surface area contributed by atoms with Gasteiger partial charge in [0, 0.05) is 45.0 Å². The number of hydrogen-bond donors (Lipinski definition) is 1. The zero-order valence-corrected chi connectivity index (χ0v) is 18.0. The van der Waals surface area contributed by atoms with Crippen LogP contribution in [0.3, 0.4) is 0 Å². The number of amides is 2. The molecule has 4 rings (SSSR count). The molecule has 2 saturated heterocycles. The van der Waals surface area contributed by atoms with Gasteiger partial charge in [0.05, 0.1) is 0 Å². The molecule has 3 heterocycles. The van der Waals surface area contributed by atoms with Crippen LogP contribution in [0.2, 0.25) is 0 Å². The van der Waals surface area contributed by atoms with Crippen molar-refractivity contribution < 1.29 is 9.59 Å². The Hall–Kier alpha value is -1.60. The van der Waals surface area contributed by atoms with Crippen molar-refractivity contribution in [1.29, 1.82) is 0 Å². The SMILES string of the molecule is Cl.O=C(CCC1CCCC1)N1CCN(C(=O)C2(n3cccn3)CCNCC2)CC1. The third-order valence-electron chi connectivity index (χ3n) is 6.93. The molecule has 0 aromatic carbocycles. The zero-order valence-electron chi connectivity index (χ0n) is 17.2. The molecule has 162 valence electrons. The summed E-state index contributed by atoms with van der Waals surface area (Å²) in [5.41, 5.74) is -0.580. The van der Waals surface area contributed by atoms with E-state index in [4.69, 9.17) is 0 Å². The molecule has 7 nitrogen and oxygen atoms in total. The van der Waals surface area contributed by atoms with Crippen LogP contribution >= 0.6 is 12.4 Å². The second-order valence-electron chi connectivity index (χ2n) is 8.59. The molecule has 0 unspecified atom stereocenters. The number of aromatic nitrogens is 2. The van der Waals surface area contributed by atoms with E-state index >= 15 is 0 Å². The molecule has 0 radical (unpaired) electrons. The fourth-order valence-corrected chi connectivity index (χ4v) is 5.14. The van der Waals surface area contributed by atoms with Crippen LogP contribution in [0.1, 0.15) is 51.4 Å². The second-order valence-corrected chi connectivity index (χ2v) is 8.59. The summed E-state index contributed by atoms with van der Waals surface area (Å²) in [6, 6.07) is 1.89. The normalized spacial score (nSPS) is 22.3. The van der Waals surface area contributed by atoms with E-state index in [1.165, 1.54) is 25.7 Å². The molecule has 3 fully saturated rings. The van der Waals surface area contributed by atoms with Gasteiger partial charge in [-0.25, -0.2) is 0 Å². The summed E-state index contributed by atoms with van der Waals surface area (Å²) in [6.07, 6.45) is 12.1. The maximum absolute atomic E-state index is 13.5. The Morgan fingerprint density at radius 2 is 1.69 bits per heavy atom. The summed E-state index contributed by atoms with van der Waals surface area (Å²) in [5.74, 6) is 1.18. The fraction of sp³-hybridized carbons (Fsp3) is 0.762. The smallest absolute Gasteiger partial charge is 0.250 e. The minimum atomic E-state index is -0.580. The Balaban J connectivity index is 0.00000240. The van der Waals surface area contributed by atoms with E-state index in [0.717, 1.165) is 38.3 Å². The first-order chi connectivity index (χ1) is 13.7. The Bertz CT molecular complexity index is 661. The lowest BCUT2D eigenvalue weighted by Crippen LogP contribution is -2.59. The van der Waals surface area contributed by atoms with E-state index in [2.05, 4.69) is 10.4 Å². The van der Waals surface area contributed by atoms with Gasteiger partial charge in [-0.3, -0.25) is 14.3 Å². The van der Waals surface area contributed by atoms with Gasteiger partial charge in [-0.2, -0.15) is 5.10 Å². The van der Waals surface area contributed by atoms with Crippen molar-refractivity contribution in [2.75, 3.05) is 39.3 Å². The third-order valence-corrected chi connectivity index (χ3v) is 6.93. The van der Waals surface area contributed by atoms with Crippen molar-refractivity contribution in [2.24, 2.45) is 5.92 Å². The van der Waals surface area contributed by atoms with E-state index in [1.807, 2.05) is 26.7 Å². The van der Waals surface area contributed by atoms with E-state index in [1.54, 1.807) is 6.20 Å². The number of hydrogen-bond acceptors (Lipinski definition) is 4. The molecule has 0 bridgehead atoms.